The third kappa shape index (κ3) is 4.52. The van der Waals surface area contributed by atoms with Gasteiger partial charge in [-0.3, -0.25) is 14.9 Å². The van der Waals surface area contributed by atoms with Gasteiger partial charge in [0, 0.05) is 18.8 Å². The number of carbonyl (C=O) groups is 1. The van der Waals surface area contributed by atoms with Crippen molar-refractivity contribution in [3.63, 3.8) is 0 Å². The number of amides is 1. The zero-order valence-electron chi connectivity index (χ0n) is 15.9. The molecular formula is C19H22FN3O4. The summed E-state index contributed by atoms with van der Waals surface area (Å²) in [6, 6.07) is 5.92. The van der Waals surface area contributed by atoms with E-state index in [0.29, 0.717) is 5.69 Å². The Labute approximate surface area is 156 Å². The SMILES string of the molecule is COc1cc(N(C)CC(=O)Nc2c(C)cc(C)cc2C)c([N+](=O)[O-])cc1F. The molecule has 0 bridgehead atoms. The molecule has 8 heteroatoms. The van der Waals surface area contributed by atoms with Gasteiger partial charge in [0.15, 0.2) is 11.6 Å². The molecule has 2 rings (SSSR count). The van der Waals surface area contributed by atoms with Crippen molar-refractivity contribution in [2.75, 3.05) is 30.9 Å². The number of likely N-dealkylation sites (N-methyl/N-ethyl adjacent to an activating group) is 1. The first-order chi connectivity index (χ1) is 12.6. The number of nitro benzene ring substituents is 1. The van der Waals surface area contributed by atoms with E-state index in [2.05, 4.69) is 5.32 Å². The van der Waals surface area contributed by atoms with E-state index in [1.54, 1.807) is 0 Å². The maximum Gasteiger partial charge on any atom is 0.295 e. The summed E-state index contributed by atoms with van der Waals surface area (Å²) in [5, 5.41) is 14.1. The highest BCUT2D eigenvalue weighted by Crippen LogP contribution is 2.34. The lowest BCUT2D eigenvalue weighted by Gasteiger charge is -2.20. The average molecular weight is 375 g/mol. The van der Waals surface area contributed by atoms with Crippen LogP contribution in [0.4, 0.5) is 21.5 Å². The number of rotatable bonds is 6. The third-order valence-electron chi connectivity index (χ3n) is 4.18. The van der Waals surface area contributed by atoms with Gasteiger partial charge in [0.1, 0.15) is 5.69 Å². The molecule has 0 unspecified atom stereocenters. The maximum absolute atomic E-state index is 13.8. The average Bonchev–Trinajstić information content (AvgIpc) is 2.57. The Morgan fingerprint density at radius 1 is 1.22 bits per heavy atom. The molecule has 7 nitrogen and oxygen atoms in total. The number of nitro groups is 1. The number of ether oxygens (including phenoxy) is 1. The standard InChI is InChI=1S/C19H22FN3O4/c1-11-6-12(2)19(13(3)7-11)21-18(24)10-22(4)15-9-17(27-5)14(20)8-16(15)23(25)26/h6-9H,10H2,1-5H3,(H,21,24). The molecule has 1 amide bonds. The zero-order chi connectivity index (χ0) is 20.3. The summed E-state index contributed by atoms with van der Waals surface area (Å²) in [5.74, 6) is -1.31. The molecule has 2 aromatic carbocycles. The lowest BCUT2D eigenvalue weighted by Crippen LogP contribution is -2.31. The van der Waals surface area contributed by atoms with E-state index >= 15 is 0 Å². The van der Waals surface area contributed by atoms with Crippen LogP contribution in [0.2, 0.25) is 0 Å². The first-order valence-corrected chi connectivity index (χ1v) is 8.24. The van der Waals surface area contributed by atoms with Crippen molar-refractivity contribution in [3.05, 3.63) is 56.9 Å². The normalized spacial score (nSPS) is 10.4. The second-order valence-corrected chi connectivity index (χ2v) is 6.41. The Kier molecular flexibility index (Phi) is 5.99. The Hall–Kier alpha value is -3.16. The molecule has 0 fully saturated rings. The van der Waals surface area contributed by atoms with Crippen LogP contribution < -0.4 is 15.0 Å². The van der Waals surface area contributed by atoms with Gasteiger partial charge >= 0.3 is 0 Å². The smallest absolute Gasteiger partial charge is 0.295 e. The van der Waals surface area contributed by atoms with Crippen LogP contribution in [0.25, 0.3) is 0 Å². The highest BCUT2D eigenvalue weighted by Gasteiger charge is 2.23. The number of carbonyl (C=O) groups excluding carboxylic acids is 1. The van der Waals surface area contributed by atoms with Crippen LogP contribution in [0.1, 0.15) is 16.7 Å². The molecule has 0 saturated carbocycles. The van der Waals surface area contributed by atoms with Crippen LogP contribution >= 0.6 is 0 Å². The summed E-state index contributed by atoms with van der Waals surface area (Å²) in [6.45, 7) is 5.62. The fourth-order valence-corrected chi connectivity index (χ4v) is 3.00. The quantitative estimate of drug-likeness (QED) is 0.614. The Morgan fingerprint density at radius 2 is 1.81 bits per heavy atom. The highest BCUT2D eigenvalue weighted by molar-refractivity contribution is 5.95. The number of anilines is 2. The molecule has 27 heavy (non-hydrogen) atoms. The predicted molar refractivity (Wildman–Crippen MR) is 102 cm³/mol. The largest absolute Gasteiger partial charge is 0.494 e. The molecule has 0 spiro atoms. The predicted octanol–water partition coefficient (Wildman–Crippen LogP) is 3.74. The van der Waals surface area contributed by atoms with Crippen LogP contribution in [0.5, 0.6) is 5.75 Å². The summed E-state index contributed by atoms with van der Waals surface area (Å²) in [7, 11) is 2.79. The van der Waals surface area contributed by atoms with E-state index in [1.165, 1.54) is 25.1 Å². The van der Waals surface area contributed by atoms with E-state index in [4.69, 9.17) is 4.74 Å². The summed E-state index contributed by atoms with van der Waals surface area (Å²) >= 11 is 0. The van der Waals surface area contributed by atoms with E-state index in [1.807, 2.05) is 32.9 Å². The Morgan fingerprint density at radius 3 is 2.33 bits per heavy atom. The van der Waals surface area contributed by atoms with Gasteiger partial charge in [-0.2, -0.15) is 0 Å². The number of hydrogen-bond donors (Lipinski definition) is 1. The molecule has 1 N–H and O–H groups in total. The lowest BCUT2D eigenvalue weighted by atomic mass is 10.1. The van der Waals surface area contributed by atoms with Crippen LogP contribution in [-0.4, -0.2) is 31.5 Å². The van der Waals surface area contributed by atoms with Crippen molar-refractivity contribution in [3.8, 4) is 5.75 Å². The lowest BCUT2D eigenvalue weighted by molar-refractivity contribution is -0.384. The molecule has 0 atom stereocenters. The second kappa shape index (κ2) is 8.03. The minimum Gasteiger partial charge on any atom is -0.494 e. The molecule has 0 aromatic heterocycles. The van der Waals surface area contributed by atoms with E-state index < -0.39 is 16.4 Å². The number of aryl methyl sites for hydroxylation is 3. The van der Waals surface area contributed by atoms with E-state index in [0.717, 1.165) is 22.8 Å². The van der Waals surface area contributed by atoms with Gasteiger partial charge < -0.3 is 15.0 Å². The minimum atomic E-state index is -0.836. The van der Waals surface area contributed by atoms with Crippen molar-refractivity contribution in [1.29, 1.82) is 0 Å². The first-order valence-electron chi connectivity index (χ1n) is 8.24. The summed E-state index contributed by atoms with van der Waals surface area (Å²) < 4.78 is 18.7. The fraction of sp³-hybridized carbons (Fsp3) is 0.316. The second-order valence-electron chi connectivity index (χ2n) is 6.41. The number of nitrogens with zero attached hydrogens (tertiary/aromatic N) is 2. The summed E-state index contributed by atoms with van der Waals surface area (Å²) in [5.41, 5.74) is 3.31. The van der Waals surface area contributed by atoms with Crippen molar-refractivity contribution in [2.45, 2.75) is 20.8 Å². The van der Waals surface area contributed by atoms with Crippen molar-refractivity contribution < 1.29 is 18.8 Å². The summed E-state index contributed by atoms with van der Waals surface area (Å²) in [6.07, 6.45) is 0. The van der Waals surface area contributed by atoms with Crippen molar-refractivity contribution in [2.24, 2.45) is 0 Å². The molecule has 0 heterocycles. The Balaban J connectivity index is 2.26. The number of methoxy groups -OCH3 is 1. The molecule has 0 saturated heterocycles. The van der Waals surface area contributed by atoms with Gasteiger partial charge in [-0.05, 0) is 31.9 Å². The van der Waals surface area contributed by atoms with E-state index in [-0.39, 0.29) is 23.9 Å². The number of nitrogens with one attached hydrogen (secondary N) is 1. The van der Waals surface area contributed by atoms with Gasteiger partial charge in [-0.15, -0.1) is 0 Å². The minimum absolute atomic E-state index is 0.0887. The molecule has 0 aliphatic rings. The molecule has 0 aliphatic heterocycles. The zero-order valence-corrected chi connectivity index (χ0v) is 15.9. The third-order valence-corrected chi connectivity index (χ3v) is 4.18. The molecule has 2 aromatic rings. The number of benzene rings is 2. The van der Waals surface area contributed by atoms with Crippen molar-refractivity contribution in [1.82, 2.24) is 0 Å². The van der Waals surface area contributed by atoms with Crippen LogP contribution in [0.15, 0.2) is 24.3 Å². The Bertz CT molecular complexity index is 876. The first kappa shape index (κ1) is 20.2. The highest BCUT2D eigenvalue weighted by atomic mass is 19.1. The van der Waals surface area contributed by atoms with Gasteiger partial charge in [-0.25, -0.2) is 4.39 Å². The van der Waals surface area contributed by atoms with E-state index in [9.17, 15) is 19.3 Å². The fourth-order valence-electron chi connectivity index (χ4n) is 3.00. The monoisotopic (exact) mass is 375 g/mol. The maximum atomic E-state index is 13.8. The molecule has 144 valence electrons. The number of hydrogen-bond acceptors (Lipinski definition) is 5. The molecular weight excluding hydrogens is 353 g/mol. The summed E-state index contributed by atoms with van der Waals surface area (Å²) in [4.78, 5) is 24.4. The number of halogens is 1. The van der Waals surface area contributed by atoms with Gasteiger partial charge in [-0.1, -0.05) is 17.7 Å². The molecule has 0 aliphatic carbocycles. The van der Waals surface area contributed by atoms with Crippen LogP contribution in [-0.2, 0) is 4.79 Å². The van der Waals surface area contributed by atoms with Crippen LogP contribution in [0.3, 0.4) is 0 Å². The molecule has 0 radical (unpaired) electrons. The van der Waals surface area contributed by atoms with Gasteiger partial charge in [0.05, 0.1) is 24.6 Å². The topological polar surface area (TPSA) is 84.7 Å². The van der Waals surface area contributed by atoms with Crippen molar-refractivity contribution >= 4 is 23.0 Å². The van der Waals surface area contributed by atoms with Gasteiger partial charge in [0.2, 0.25) is 5.91 Å². The van der Waals surface area contributed by atoms with Gasteiger partial charge in [0.25, 0.3) is 5.69 Å². The van der Waals surface area contributed by atoms with Crippen LogP contribution in [0, 0.1) is 36.7 Å².